The Labute approximate surface area is 109 Å². The summed E-state index contributed by atoms with van der Waals surface area (Å²) in [6.07, 6.45) is 8.52. The molecular weight excluding hydrogens is 248 g/mol. The minimum Gasteiger partial charge on any atom is -0.328 e. The van der Waals surface area contributed by atoms with Gasteiger partial charge in [-0.25, -0.2) is 9.97 Å². The molecule has 1 saturated carbocycles. The fourth-order valence-corrected chi connectivity index (χ4v) is 2.40. The van der Waals surface area contributed by atoms with Crippen LogP contribution in [0.1, 0.15) is 28.3 Å². The summed E-state index contributed by atoms with van der Waals surface area (Å²) in [5.74, 6) is -0.0548. The van der Waals surface area contributed by atoms with Crippen LogP contribution in [-0.4, -0.2) is 31.8 Å². The number of carbonyl (C=O) groups is 1. The van der Waals surface area contributed by atoms with E-state index in [-0.39, 0.29) is 5.91 Å². The summed E-state index contributed by atoms with van der Waals surface area (Å²) < 4.78 is 0. The molecule has 0 unspecified atom stereocenters. The molecule has 1 aliphatic rings. The Hall–Kier alpha value is -1.82. The van der Waals surface area contributed by atoms with E-state index >= 15 is 0 Å². The number of hydrogen-bond acceptors (Lipinski definition) is 5. The number of thiazole rings is 1. The topological polar surface area (TPSA) is 59.0 Å². The van der Waals surface area contributed by atoms with Gasteiger partial charge in [0.05, 0.1) is 12.7 Å². The maximum Gasteiger partial charge on any atom is 0.274 e. The van der Waals surface area contributed by atoms with Crippen LogP contribution in [0, 0.1) is 0 Å². The number of rotatable bonds is 4. The second-order valence-electron chi connectivity index (χ2n) is 4.18. The molecule has 0 N–H and O–H groups in total. The molecule has 2 aromatic heterocycles. The SMILES string of the molecule is O=C(c1cnccn1)N(Cc1nccs1)C1CC1. The maximum atomic E-state index is 12.4. The van der Waals surface area contributed by atoms with Gasteiger partial charge in [0.15, 0.2) is 0 Å². The van der Waals surface area contributed by atoms with Crippen molar-refractivity contribution >= 4 is 17.2 Å². The van der Waals surface area contributed by atoms with Gasteiger partial charge >= 0.3 is 0 Å². The minimum atomic E-state index is -0.0548. The summed E-state index contributed by atoms with van der Waals surface area (Å²) in [6, 6.07) is 0.336. The molecule has 1 fully saturated rings. The number of aromatic nitrogens is 3. The van der Waals surface area contributed by atoms with Crippen LogP contribution >= 0.6 is 11.3 Å². The highest BCUT2D eigenvalue weighted by Crippen LogP contribution is 2.29. The molecule has 1 aliphatic carbocycles. The molecule has 0 aromatic carbocycles. The molecule has 0 atom stereocenters. The van der Waals surface area contributed by atoms with Gasteiger partial charge in [0.1, 0.15) is 10.7 Å². The lowest BCUT2D eigenvalue weighted by molar-refractivity contribution is 0.0723. The van der Waals surface area contributed by atoms with Crippen molar-refractivity contribution in [2.24, 2.45) is 0 Å². The van der Waals surface area contributed by atoms with Gasteiger partial charge in [-0.3, -0.25) is 9.78 Å². The van der Waals surface area contributed by atoms with E-state index in [0.29, 0.717) is 18.3 Å². The van der Waals surface area contributed by atoms with Gasteiger partial charge in [-0.05, 0) is 12.8 Å². The zero-order valence-corrected chi connectivity index (χ0v) is 10.5. The normalized spacial score (nSPS) is 14.4. The van der Waals surface area contributed by atoms with Crippen molar-refractivity contribution in [2.75, 3.05) is 0 Å². The zero-order valence-electron chi connectivity index (χ0n) is 9.69. The van der Waals surface area contributed by atoms with E-state index in [4.69, 9.17) is 0 Å². The van der Waals surface area contributed by atoms with Crippen molar-refractivity contribution in [3.63, 3.8) is 0 Å². The summed E-state index contributed by atoms with van der Waals surface area (Å²) in [7, 11) is 0. The Morgan fingerprint density at radius 1 is 1.33 bits per heavy atom. The molecule has 6 heteroatoms. The van der Waals surface area contributed by atoms with Gasteiger partial charge in [0.2, 0.25) is 0 Å². The Kier molecular flexibility index (Phi) is 3.02. The molecule has 3 rings (SSSR count). The Morgan fingerprint density at radius 2 is 2.22 bits per heavy atom. The first-order valence-corrected chi connectivity index (χ1v) is 6.68. The molecule has 92 valence electrons. The van der Waals surface area contributed by atoms with Crippen molar-refractivity contribution in [3.05, 3.63) is 40.9 Å². The van der Waals surface area contributed by atoms with Crippen molar-refractivity contribution in [1.82, 2.24) is 19.9 Å². The van der Waals surface area contributed by atoms with Crippen molar-refractivity contribution in [3.8, 4) is 0 Å². The highest BCUT2D eigenvalue weighted by Gasteiger charge is 2.34. The average Bonchev–Trinajstić information content (AvgIpc) is 3.13. The highest BCUT2D eigenvalue weighted by atomic mass is 32.1. The first-order chi connectivity index (χ1) is 8.84. The van der Waals surface area contributed by atoms with Crippen LogP contribution in [0.4, 0.5) is 0 Å². The van der Waals surface area contributed by atoms with E-state index in [1.54, 1.807) is 29.9 Å². The van der Waals surface area contributed by atoms with Crippen LogP contribution in [0.2, 0.25) is 0 Å². The third-order valence-electron chi connectivity index (χ3n) is 2.82. The van der Waals surface area contributed by atoms with E-state index in [1.807, 2.05) is 10.3 Å². The quantitative estimate of drug-likeness (QED) is 0.840. The zero-order chi connectivity index (χ0) is 12.4. The van der Waals surface area contributed by atoms with Crippen LogP contribution < -0.4 is 0 Å². The third kappa shape index (κ3) is 2.38. The lowest BCUT2D eigenvalue weighted by Gasteiger charge is -2.20. The van der Waals surface area contributed by atoms with Crippen molar-refractivity contribution in [2.45, 2.75) is 25.4 Å². The molecular formula is C12H12N4OS. The van der Waals surface area contributed by atoms with Crippen molar-refractivity contribution < 1.29 is 4.79 Å². The van der Waals surface area contributed by atoms with Gasteiger partial charge in [0, 0.05) is 30.0 Å². The van der Waals surface area contributed by atoms with E-state index in [1.165, 1.54) is 6.20 Å². The minimum absolute atomic E-state index is 0.0548. The van der Waals surface area contributed by atoms with E-state index in [2.05, 4.69) is 15.0 Å². The Morgan fingerprint density at radius 3 is 2.83 bits per heavy atom. The summed E-state index contributed by atoms with van der Waals surface area (Å²) in [6.45, 7) is 0.567. The van der Waals surface area contributed by atoms with Gasteiger partial charge in [0.25, 0.3) is 5.91 Å². The standard InChI is InChI=1S/C12H12N4OS/c17-12(10-7-13-3-4-14-10)16(9-1-2-9)8-11-15-5-6-18-11/h3-7,9H,1-2,8H2. The predicted molar refractivity (Wildman–Crippen MR) is 67.0 cm³/mol. The molecule has 0 saturated heterocycles. The molecule has 0 radical (unpaired) electrons. The second-order valence-corrected chi connectivity index (χ2v) is 5.16. The maximum absolute atomic E-state index is 12.4. The summed E-state index contributed by atoms with van der Waals surface area (Å²) in [4.78, 5) is 26.4. The first kappa shape index (κ1) is 11.3. The van der Waals surface area contributed by atoms with Crippen LogP contribution in [0.15, 0.2) is 30.2 Å². The van der Waals surface area contributed by atoms with Gasteiger partial charge in [-0.15, -0.1) is 11.3 Å². The van der Waals surface area contributed by atoms with Gasteiger partial charge < -0.3 is 4.90 Å². The summed E-state index contributed by atoms with van der Waals surface area (Å²) >= 11 is 1.57. The van der Waals surface area contributed by atoms with Crippen LogP contribution in [0.3, 0.4) is 0 Å². The summed E-state index contributed by atoms with van der Waals surface area (Å²) in [5.41, 5.74) is 0.404. The molecule has 1 amide bonds. The second kappa shape index (κ2) is 4.81. The summed E-state index contributed by atoms with van der Waals surface area (Å²) in [5, 5.41) is 2.88. The molecule has 0 aliphatic heterocycles. The largest absolute Gasteiger partial charge is 0.328 e. The lowest BCUT2D eigenvalue weighted by atomic mass is 10.3. The van der Waals surface area contributed by atoms with Crippen LogP contribution in [-0.2, 0) is 6.54 Å². The molecule has 18 heavy (non-hydrogen) atoms. The van der Waals surface area contributed by atoms with E-state index in [0.717, 1.165) is 17.8 Å². The smallest absolute Gasteiger partial charge is 0.274 e. The Bertz CT molecular complexity index is 524. The predicted octanol–water partition coefficient (Wildman–Crippen LogP) is 1.74. The molecule has 0 bridgehead atoms. The fraction of sp³-hybridized carbons (Fsp3) is 0.333. The molecule has 2 aromatic rings. The highest BCUT2D eigenvalue weighted by molar-refractivity contribution is 7.09. The molecule has 5 nitrogen and oxygen atoms in total. The Balaban J connectivity index is 1.80. The third-order valence-corrected chi connectivity index (χ3v) is 3.58. The fourth-order valence-electron chi connectivity index (χ4n) is 1.79. The number of nitrogens with zero attached hydrogens (tertiary/aromatic N) is 4. The average molecular weight is 260 g/mol. The van der Waals surface area contributed by atoms with E-state index < -0.39 is 0 Å². The first-order valence-electron chi connectivity index (χ1n) is 5.80. The molecule has 0 spiro atoms. The van der Waals surface area contributed by atoms with Gasteiger partial charge in [-0.2, -0.15) is 0 Å². The lowest BCUT2D eigenvalue weighted by Crippen LogP contribution is -2.33. The number of amides is 1. The van der Waals surface area contributed by atoms with E-state index in [9.17, 15) is 4.79 Å². The van der Waals surface area contributed by atoms with Crippen LogP contribution in [0.25, 0.3) is 0 Å². The monoisotopic (exact) mass is 260 g/mol. The molecule has 2 heterocycles. The van der Waals surface area contributed by atoms with Crippen molar-refractivity contribution in [1.29, 1.82) is 0 Å². The number of carbonyl (C=O) groups excluding carboxylic acids is 1. The van der Waals surface area contributed by atoms with Crippen LogP contribution in [0.5, 0.6) is 0 Å². The number of hydrogen-bond donors (Lipinski definition) is 0. The van der Waals surface area contributed by atoms with Gasteiger partial charge in [-0.1, -0.05) is 0 Å².